The quantitative estimate of drug-likeness (QED) is 0.651. The second-order valence-corrected chi connectivity index (χ2v) is 8.13. The van der Waals surface area contributed by atoms with E-state index in [0.29, 0.717) is 36.4 Å². The summed E-state index contributed by atoms with van der Waals surface area (Å²) in [6.07, 6.45) is 0.188. The highest BCUT2D eigenvalue weighted by atomic mass is 32.1. The average Bonchev–Trinajstić information content (AvgIpc) is 3.06. The summed E-state index contributed by atoms with van der Waals surface area (Å²) in [5.41, 5.74) is 2.61. The molecule has 0 aliphatic rings. The number of benzene rings is 1. The van der Waals surface area contributed by atoms with Crippen LogP contribution < -0.4 is 15.9 Å². The molecule has 1 aromatic carbocycles. The van der Waals surface area contributed by atoms with Gasteiger partial charge in [-0.05, 0) is 46.1 Å². The third-order valence-electron chi connectivity index (χ3n) is 4.66. The van der Waals surface area contributed by atoms with Gasteiger partial charge in [0.2, 0.25) is 5.91 Å². The average molecular weight is 404 g/mol. The molecule has 9 heteroatoms. The minimum atomic E-state index is -0.414. The number of carbonyl (C=O) groups is 1. The molecule has 0 aliphatic heterocycles. The zero-order chi connectivity index (χ0) is 20.4. The van der Waals surface area contributed by atoms with Gasteiger partial charge in [0.25, 0.3) is 0 Å². The maximum atomic E-state index is 12.3. The molecule has 0 radical (unpaired) electrons. The van der Waals surface area contributed by atoms with Crippen molar-refractivity contribution in [3.8, 4) is 0 Å². The van der Waals surface area contributed by atoms with E-state index in [9.17, 15) is 14.4 Å². The fraction of sp³-hybridized carbons (Fsp3) is 0.421. The number of thiazole rings is 1. The number of carbonyl (C=O) groups excluding carboxylic acids is 1. The number of fused-ring (bicyclic) bond motifs is 1. The fourth-order valence-electron chi connectivity index (χ4n) is 2.93. The van der Waals surface area contributed by atoms with Gasteiger partial charge in [-0.1, -0.05) is 11.3 Å². The molecule has 8 nitrogen and oxygen atoms in total. The number of aryl methyl sites for hydroxylation is 1. The number of oxazole rings is 1. The maximum absolute atomic E-state index is 12.3. The van der Waals surface area contributed by atoms with Crippen molar-refractivity contribution < 1.29 is 9.21 Å². The highest BCUT2D eigenvalue weighted by molar-refractivity contribution is 7.09. The summed E-state index contributed by atoms with van der Waals surface area (Å²) in [6.45, 7) is 5.30. The highest BCUT2D eigenvalue weighted by Gasteiger charge is 2.13. The summed E-state index contributed by atoms with van der Waals surface area (Å²) >= 11 is 1.19. The second kappa shape index (κ2) is 8.15. The van der Waals surface area contributed by atoms with E-state index in [1.54, 1.807) is 27.3 Å². The van der Waals surface area contributed by atoms with E-state index in [-0.39, 0.29) is 17.2 Å². The number of rotatable bonds is 7. The van der Waals surface area contributed by atoms with Crippen molar-refractivity contribution in [2.75, 3.05) is 26.0 Å². The van der Waals surface area contributed by atoms with E-state index in [1.165, 1.54) is 11.3 Å². The fourth-order valence-corrected chi connectivity index (χ4v) is 3.79. The molecule has 0 saturated carbocycles. The van der Waals surface area contributed by atoms with Crippen LogP contribution in [-0.2, 0) is 17.9 Å². The van der Waals surface area contributed by atoms with Gasteiger partial charge < -0.3 is 19.2 Å². The summed E-state index contributed by atoms with van der Waals surface area (Å²) in [7, 11) is 3.86. The number of nitrogens with one attached hydrogen (secondary N) is 1. The predicted octanol–water partition coefficient (Wildman–Crippen LogP) is 2.02. The number of anilines is 1. The minimum absolute atomic E-state index is 0.0486. The van der Waals surface area contributed by atoms with Gasteiger partial charge in [0.15, 0.2) is 5.58 Å². The molecule has 0 atom stereocenters. The van der Waals surface area contributed by atoms with Gasteiger partial charge in [0.1, 0.15) is 0 Å². The van der Waals surface area contributed by atoms with Gasteiger partial charge >= 0.3 is 10.6 Å². The second-order valence-electron chi connectivity index (χ2n) is 6.96. The molecule has 0 saturated heterocycles. The van der Waals surface area contributed by atoms with Gasteiger partial charge in [-0.2, -0.15) is 0 Å². The van der Waals surface area contributed by atoms with Crippen LogP contribution in [0.1, 0.15) is 17.0 Å². The third kappa shape index (κ3) is 4.26. The lowest BCUT2D eigenvalue weighted by atomic mass is 10.2. The lowest BCUT2D eigenvalue weighted by Gasteiger charge is -2.10. The third-order valence-corrected chi connectivity index (χ3v) is 5.66. The SMILES string of the molecule is Cc1sc(=O)n(CCC(=O)Nc2ccc3oc(=O)n(CCN(C)C)c3c2)c1C. The Kier molecular flexibility index (Phi) is 5.85. The zero-order valence-electron chi connectivity index (χ0n) is 16.4. The molecule has 2 heterocycles. The molecule has 2 aromatic heterocycles. The van der Waals surface area contributed by atoms with Crippen LogP contribution in [0.2, 0.25) is 0 Å². The largest absolute Gasteiger partial charge is 0.419 e. The molecule has 3 aromatic rings. The Hall–Kier alpha value is -2.65. The number of amides is 1. The Balaban J connectivity index is 1.73. The zero-order valence-corrected chi connectivity index (χ0v) is 17.3. The molecule has 0 bridgehead atoms. The normalized spacial score (nSPS) is 11.5. The van der Waals surface area contributed by atoms with Crippen LogP contribution >= 0.6 is 11.3 Å². The lowest BCUT2D eigenvalue weighted by molar-refractivity contribution is -0.116. The van der Waals surface area contributed by atoms with Crippen LogP contribution in [0.25, 0.3) is 11.1 Å². The van der Waals surface area contributed by atoms with Crippen molar-refractivity contribution >= 4 is 34.0 Å². The minimum Gasteiger partial charge on any atom is -0.408 e. The number of hydrogen-bond donors (Lipinski definition) is 1. The van der Waals surface area contributed by atoms with Crippen LogP contribution in [0, 0.1) is 13.8 Å². The van der Waals surface area contributed by atoms with E-state index >= 15 is 0 Å². The van der Waals surface area contributed by atoms with Gasteiger partial charge in [0, 0.05) is 42.3 Å². The summed E-state index contributed by atoms with van der Waals surface area (Å²) in [5.74, 6) is -0.608. The first-order valence-electron chi connectivity index (χ1n) is 9.01. The van der Waals surface area contributed by atoms with E-state index < -0.39 is 5.76 Å². The first-order chi connectivity index (χ1) is 13.3. The molecular weight excluding hydrogens is 380 g/mol. The van der Waals surface area contributed by atoms with E-state index in [1.807, 2.05) is 32.8 Å². The van der Waals surface area contributed by atoms with Crippen LogP contribution in [0.4, 0.5) is 5.69 Å². The smallest absolute Gasteiger partial charge is 0.408 e. The Morgan fingerprint density at radius 2 is 1.93 bits per heavy atom. The molecule has 0 aliphatic carbocycles. The van der Waals surface area contributed by atoms with Crippen molar-refractivity contribution in [2.24, 2.45) is 0 Å². The Morgan fingerprint density at radius 1 is 1.18 bits per heavy atom. The molecule has 150 valence electrons. The van der Waals surface area contributed by atoms with E-state index in [2.05, 4.69) is 5.32 Å². The number of aromatic nitrogens is 2. The van der Waals surface area contributed by atoms with Crippen molar-refractivity contribution in [1.29, 1.82) is 0 Å². The first kappa shape index (κ1) is 20.1. The van der Waals surface area contributed by atoms with Crippen molar-refractivity contribution in [1.82, 2.24) is 14.0 Å². The molecule has 3 rings (SSSR count). The summed E-state index contributed by atoms with van der Waals surface area (Å²) in [6, 6.07) is 5.11. The van der Waals surface area contributed by atoms with Crippen molar-refractivity contribution in [3.63, 3.8) is 0 Å². The Bertz CT molecular complexity index is 1120. The molecule has 1 N–H and O–H groups in total. The van der Waals surface area contributed by atoms with Crippen LogP contribution in [0.3, 0.4) is 0 Å². The molecule has 0 spiro atoms. The maximum Gasteiger partial charge on any atom is 0.419 e. The predicted molar refractivity (Wildman–Crippen MR) is 110 cm³/mol. The molecule has 28 heavy (non-hydrogen) atoms. The standard InChI is InChI=1S/C19H24N4O4S/c1-12-13(2)28-19(26)22(12)8-7-17(24)20-14-5-6-16-15(11-14)23(18(25)27-16)10-9-21(3)4/h5-6,11H,7-10H2,1-4H3,(H,20,24). The number of nitrogens with zero attached hydrogens (tertiary/aromatic N) is 3. The van der Waals surface area contributed by atoms with Gasteiger partial charge in [-0.15, -0.1) is 0 Å². The van der Waals surface area contributed by atoms with E-state index in [0.717, 1.165) is 10.6 Å². The first-order valence-corrected chi connectivity index (χ1v) is 9.82. The van der Waals surface area contributed by atoms with E-state index in [4.69, 9.17) is 4.42 Å². The number of hydrogen-bond acceptors (Lipinski definition) is 6. The van der Waals surface area contributed by atoms with Crippen molar-refractivity contribution in [3.05, 3.63) is 49.0 Å². The Morgan fingerprint density at radius 3 is 2.57 bits per heavy atom. The lowest BCUT2D eigenvalue weighted by Crippen LogP contribution is -2.23. The topological polar surface area (TPSA) is 89.5 Å². The molecule has 0 unspecified atom stereocenters. The van der Waals surface area contributed by atoms with Gasteiger partial charge in [-0.3, -0.25) is 14.2 Å². The Labute approximate surface area is 166 Å². The van der Waals surface area contributed by atoms with Crippen molar-refractivity contribution in [2.45, 2.75) is 33.4 Å². The molecular formula is C19H24N4O4S. The van der Waals surface area contributed by atoms with Gasteiger partial charge in [-0.25, -0.2) is 4.79 Å². The van der Waals surface area contributed by atoms with Crippen LogP contribution in [0.5, 0.6) is 0 Å². The summed E-state index contributed by atoms with van der Waals surface area (Å²) in [4.78, 5) is 39.2. The molecule has 0 fully saturated rings. The molecule has 1 amide bonds. The van der Waals surface area contributed by atoms with Crippen LogP contribution in [0.15, 0.2) is 32.2 Å². The highest BCUT2D eigenvalue weighted by Crippen LogP contribution is 2.19. The van der Waals surface area contributed by atoms with Crippen LogP contribution in [-0.4, -0.2) is 40.6 Å². The number of likely N-dealkylation sites (N-methyl/N-ethyl adjacent to an activating group) is 1. The summed E-state index contributed by atoms with van der Waals surface area (Å²) < 4.78 is 8.44. The summed E-state index contributed by atoms with van der Waals surface area (Å²) in [5, 5.41) is 2.83. The van der Waals surface area contributed by atoms with Gasteiger partial charge in [0.05, 0.1) is 5.52 Å². The monoisotopic (exact) mass is 404 g/mol.